The van der Waals surface area contributed by atoms with Crippen molar-refractivity contribution < 1.29 is 4.74 Å². The van der Waals surface area contributed by atoms with E-state index in [2.05, 4.69) is 29.4 Å². The Labute approximate surface area is 185 Å². The lowest BCUT2D eigenvalue weighted by molar-refractivity contribution is -0.0724. The van der Waals surface area contributed by atoms with Gasteiger partial charge in [0.2, 0.25) is 0 Å². The predicted molar refractivity (Wildman–Crippen MR) is 123 cm³/mol. The van der Waals surface area contributed by atoms with Crippen LogP contribution in [0.2, 0.25) is 0 Å². The summed E-state index contributed by atoms with van der Waals surface area (Å²) in [5.74, 6) is 4.34. The summed E-state index contributed by atoms with van der Waals surface area (Å²) in [6.07, 6.45) is 18.3. The number of rotatable bonds is 4. The van der Waals surface area contributed by atoms with Crippen LogP contribution >= 0.6 is 0 Å². The van der Waals surface area contributed by atoms with Crippen molar-refractivity contribution in [2.45, 2.75) is 115 Å². The second kappa shape index (κ2) is 9.77. The molecule has 0 spiro atoms. The monoisotopic (exact) mass is 417 g/mol. The fourth-order valence-electron chi connectivity index (χ4n) is 7.76. The van der Waals surface area contributed by atoms with Crippen LogP contribution in [-0.4, -0.2) is 49.1 Å². The van der Waals surface area contributed by atoms with Crippen molar-refractivity contribution in [3.63, 3.8) is 0 Å². The van der Waals surface area contributed by atoms with Gasteiger partial charge in [-0.1, -0.05) is 26.2 Å². The minimum atomic E-state index is 0.444. The number of nitrogens with one attached hydrogen (secondary N) is 2. The number of hydrogen-bond donors (Lipinski definition) is 2. The fraction of sp³-hybridized carbons (Fsp3) is 1.00. The Morgan fingerprint density at radius 2 is 1.57 bits per heavy atom. The molecule has 3 saturated carbocycles. The van der Waals surface area contributed by atoms with Crippen molar-refractivity contribution in [3.05, 3.63) is 0 Å². The lowest BCUT2D eigenvalue weighted by Crippen LogP contribution is -2.70. The number of likely N-dealkylation sites (tertiary alicyclic amines) is 1. The Morgan fingerprint density at radius 1 is 0.800 bits per heavy atom. The number of piperidine rings is 1. The summed E-state index contributed by atoms with van der Waals surface area (Å²) in [5, 5.41) is 7.95. The van der Waals surface area contributed by atoms with Crippen LogP contribution in [0.15, 0.2) is 0 Å². The summed E-state index contributed by atoms with van der Waals surface area (Å²) in [4.78, 5) is 2.79. The highest BCUT2D eigenvalue weighted by Gasteiger charge is 2.48. The molecule has 30 heavy (non-hydrogen) atoms. The van der Waals surface area contributed by atoms with Crippen LogP contribution in [0.1, 0.15) is 90.9 Å². The quantitative estimate of drug-likeness (QED) is 0.692. The average molecular weight is 418 g/mol. The summed E-state index contributed by atoms with van der Waals surface area (Å²) >= 11 is 0. The molecule has 0 radical (unpaired) electrons. The van der Waals surface area contributed by atoms with Crippen molar-refractivity contribution >= 4 is 0 Å². The van der Waals surface area contributed by atoms with Gasteiger partial charge in [0.25, 0.3) is 0 Å². The van der Waals surface area contributed by atoms with E-state index in [4.69, 9.17) is 4.74 Å². The van der Waals surface area contributed by atoms with Crippen molar-refractivity contribution in [3.8, 4) is 0 Å². The van der Waals surface area contributed by atoms with Gasteiger partial charge in [-0.3, -0.25) is 15.5 Å². The van der Waals surface area contributed by atoms with Crippen LogP contribution in [-0.2, 0) is 4.74 Å². The fourth-order valence-corrected chi connectivity index (χ4v) is 7.76. The van der Waals surface area contributed by atoms with Gasteiger partial charge in [-0.25, -0.2) is 0 Å². The molecule has 172 valence electrons. The molecule has 0 amide bonds. The van der Waals surface area contributed by atoms with Gasteiger partial charge in [0.15, 0.2) is 0 Å². The maximum Gasteiger partial charge on any atom is 0.0653 e. The van der Waals surface area contributed by atoms with E-state index in [1.807, 2.05) is 0 Å². The Kier molecular flexibility index (Phi) is 7.06. The Bertz CT molecular complexity index is 542. The minimum absolute atomic E-state index is 0.444. The van der Waals surface area contributed by atoms with E-state index in [0.717, 1.165) is 36.2 Å². The zero-order valence-corrected chi connectivity index (χ0v) is 19.7. The van der Waals surface area contributed by atoms with E-state index in [0.29, 0.717) is 24.5 Å². The summed E-state index contributed by atoms with van der Waals surface area (Å²) in [6.45, 7) is 8.41. The first kappa shape index (κ1) is 21.7. The molecule has 0 aromatic rings. The molecular formula is C26H47N3O. The molecule has 3 aliphatic carbocycles. The van der Waals surface area contributed by atoms with E-state index >= 15 is 0 Å². The van der Waals surface area contributed by atoms with Gasteiger partial charge in [-0.15, -0.1) is 0 Å². The zero-order chi connectivity index (χ0) is 20.5. The minimum Gasteiger partial charge on any atom is -0.378 e. The summed E-state index contributed by atoms with van der Waals surface area (Å²) in [5.41, 5.74) is 0. The smallest absolute Gasteiger partial charge is 0.0653 e. The third kappa shape index (κ3) is 4.77. The van der Waals surface area contributed by atoms with Crippen LogP contribution in [0, 0.1) is 29.6 Å². The number of hydrogen-bond acceptors (Lipinski definition) is 4. The van der Waals surface area contributed by atoms with Crippen LogP contribution in [0.3, 0.4) is 0 Å². The van der Waals surface area contributed by atoms with Crippen molar-refractivity contribution in [1.29, 1.82) is 0 Å². The molecule has 2 heterocycles. The molecule has 4 heteroatoms. The third-order valence-electron chi connectivity index (χ3n) is 9.54. The maximum absolute atomic E-state index is 6.54. The summed E-state index contributed by atoms with van der Waals surface area (Å²) in [6, 6.07) is 0.715. The first-order valence-electron chi connectivity index (χ1n) is 13.5. The summed E-state index contributed by atoms with van der Waals surface area (Å²) < 4.78 is 6.54. The first-order valence-corrected chi connectivity index (χ1v) is 13.5. The van der Waals surface area contributed by atoms with Gasteiger partial charge >= 0.3 is 0 Å². The van der Waals surface area contributed by atoms with Crippen molar-refractivity contribution in [2.75, 3.05) is 19.7 Å². The molecule has 7 unspecified atom stereocenters. The molecule has 5 fully saturated rings. The number of nitrogens with zero attached hydrogens (tertiary/aromatic N) is 1. The zero-order valence-electron chi connectivity index (χ0n) is 19.7. The Balaban J connectivity index is 1.16. The van der Waals surface area contributed by atoms with Crippen LogP contribution < -0.4 is 10.6 Å². The van der Waals surface area contributed by atoms with Gasteiger partial charge < -0.3 is 4.74 Å². The van der Waals surface area contributed by atoms with Crippen molar-refractivity contribution in [2.24, 2.45) is 29.6 Å². The van der Waals surface area contributed by atoms with Gasteiger partial charge in [0, 0.05) is 18.6 Å². The van der Waals surface area contributed by atoms with Crippen LogP contribution in [0.5, 0.6) is 0 Å². The topological polar surface area (TPSA) is 36.5 Å². The molecule has 5 aliphatic rings. The molecule has 2 N–H and O–H groups in total. The molecule has 0 bridgehead atoms. The van der Waals surface area contributed by atoms with E-state index in [1.54, 1.807) is 0 Å². The number of fused-ring (bicyclic) bond motifs is 3. The van der Waals surface area contributed by atoms with E-state index < -0.39 is 0 Å². The second-order valence-electron chi connectivity index (χ2n) is 11.7. The average Bonchev–Trinajstić information content (AvgIpc) is 2.78. The lowest BCUT2D eigenvalue weighted by Gasteiger charge is -2.56. The molecule has 4 nitrogen and oxygen atoms in total. The van der Waals surface area contributed by atoms with Gasteiger partial charge in [0.05, 0.1) is 18.4 Å². The maximum atomic E-state index is 6.54. The highest BCUT2D eigenvalue weighted by Crippen LogP contribution is 2.46. The van der Waals surface area contributed by atoms with Crippen molar-refractivity contribution in [1.82, 2.24) is 15.5 Å². The Hall–Kier alpha value is -0.160. The molecule has 0 aromatic carbocycles. The Morgan fingerprint density at radius 3 is 2.37 bits per heavy atom. The molecule has 2 saturated heterocycles. The first-order chi connectivity index (χ1) is 14.7. The standard InChI is InChI=1S/C26H47N3O/c1-18-6-8-20(9-7-18)17-30-22-11-13-23-21(16-22)10-12-24-25(23)27-19(2)28-26(24)29-14-4-3-5-15-29/h18-28H,3-17H2,1-2H3. The summed E-state index contributed by atoms with van der Waals surface area (Å²) in [7, 11) is 0. The van der Waals surface area contributed by atoms with Gasteiger partial charge in [0.1, 0.15) is 0 Å². The normalized spacial score (nSPS) is 48.0. The predicted octanol–water partition coefficient (Wildman–Crippen LogP) is 4.74. The highest BCUT2D eigenvalue weighted by atomic mass is 16.5. The van der Waals surface area contributed by atoms with Crippen LogP contribution in [0.25, 0.3) is 0 Å². The lowest BCUT2D eigenvalue weighted by atomic mass is 9.62. The van der Waals surface area contributed by atoms with E-state index in [9.17, 15) is 0 Å². The van der Waals surface area contributed by atoms with E-state index in [-0.39, 0.29) is 0 Å². The van der Waals surface area contributed by atoms with Gasteiger partial charge in [-0.2, -0.15) is 0 Å². The molecule has 0 aromatic heterocycles. The molecular weight excluding hydrogens is 370 g/mol. The SMILES string of the molecule is CC1CCC(COC2CCC3C(CCC4C3NC(C)NC4N3CCCCC3)C2)CC1. The van der Waals surface area contributed by atoms with Crippen LogP contribution in [0.4, 0.5) is 0 Å². The largest absolute Gasteiger partial charge is 0.378 e. The van der Waals surface area contributed by atoms with E-state index in [1.165, 1.54) is 90.1 Å². The second-order valence-corrected chi connectivity index (χ2v) is 11.7. The molecule has 7 atom stereocenters. The molecule has 5 rings (SSSR count). The third-order valence-corrected chi connectivity index (χ3v) is 9.54. The highest BCUT2D eigenvalue weighted by molar-refractivity contribution is 5.02. The van der Waals surface area contributed by atoms with Gasteiger partial charge in [-0.05, 0) is 101 Å². The number of ether oxygens (including phenoxy) is 1. The molecule has 2 aliphatic heterocycles.